The maximum absolute atomic E-state index is 11.4. The molecule has 0 aliphatic carbocycles. The summed E-state index contributed by atoms with van der Waals surface area (Å²) in [5, 5.41) is 2.50. The van der Waals surface area contributed by atoms with E-state index in [1.807, 2.05) is 0 Å². The van der Waals surface area contributed by atoms with Crippen molar-refractivity contribution in [3.8, 4) is 0 Å². The third-order valence-corrected chi connectivity index (χ3v) is 3.26. The number of rotatable bonds is 3. The Morgan fingerprint density at radius 1 is 1.41 bits per heavy atom. The second-order valence-electron chi connectivity index (χ2n) is 3.59. The first-order valence-electron chi connectivity index (χ1n) is 5.09. The molecule has 1 N–H and O–H groups in total. The van der Waals surface area contributed by atoms with Gasteiger partial charge in [-0.3, -0.25) is 5.32 Å². The predicted molar refractivity (Wildman–Crippen MR) is 64.9 cm³/mol. The number of sulfone groups is 1. The number of hydrogen-bond donors (Lipinski definition) is 1. The van der Waals surface area contributed by atoms with Crippen LogP contribution in [0.5, 0.6) is 0 Å². The molecular formula is C11H15NO4S. The van der Waals surface area contributed by atoms with Gasteiger partial charge in [0.15, 0.2) is 9.84 Å². The summed E-state index contributed by atoms with van der Waals surface area (Å²) >= 11 is 0. The summed E-state index contributed by atoms with van der Waals surface area (Å²) in [4.78, 5) is 11.4. The first kappa shape index (κ1) is 13.5. The molecule has 0 spiro atoms. The van der Waals surface area contributed by atoms with Crippen LogP contribution in [-0.2, 0) is 14.6 Å². The molecule has 1 rings (SSSR count). The molecule has 6 heteroatoms. The first-order chi connectivity index (χ1) is 7.84. The van der Waals surface area contributed by atoms with Gasteiger partial charge < -0.3 is 4.74 Å². The molecule has 0 fully saturated rings. The third kappa shape index (κ3) is 3.74. The van der Waals surface area contributed by atoms with Crippen LogP contribution < -0.4 is 5.32 Å². The Labute approximate surface area is 101 Å². The Balaban J connectivity index is 3.03. The number of aryl methyl sites for hydroxylation is 1. The van der Waals surface area contributed by atoms with Crippen molar-refractivity contribution in [1.29, 1.82) is 0 Å². The van der Waals surface area contributed by atoms with E-state index in [2.05, 4.69) is 5.32 Å². The molecule has 0 unspecified atom stereocenters. The lowest BCUT2D eigenvalue weighted by atomic mass is 10.2. The SMILES string of the molecule is CCOC(=O)Nc1cc(S(C)(=O)=O)ccc1C. The van der Waals surface area contributed by atoms with Gasteiger partial charge in [-0.25, -0.2) is 13.2 Å². The van der Waals surface area contributed by atoms with E-state index in [0.717, 1.165) is 11.8 Å². The highest BCUT2D eigenvalue weighted by Gasteiger charge is 2.11. The minimum atomic E-state index is -3.28. The normalized spacial score (nSPS) is 11.0. The van der Waals surface area contributed by atoms with Crippen molar-refractivity contribution in [3.63, 3.8) is 0 Å². The topological polar surface area (TPSA) is 72.5 Å². The number of benzene rings is 1. The van der Waals surface area contributed by atoms with E-state index >= 15 is 0 Å². The Bertz CT molecular complexity index is 522. The number of hydrogen-bond acceptors (Lipinski definition) is 4. The summed E-state index contributed by atoms with van der Waals surface area (Å²) in [6.07, 6.45) is 0.521. The molecule has 17 heavy (non-hydrogen) atoms. The fourth-order valence-corrected chi connectivity index (χ4v) is 1.89. The summed E-state index contributed by atoms with van der Waals surface area (Å²) in [6.45, 7) is 3.73. The monoisotopic (exact) mass is 257 g/mol. The maximum Gasteiger partial charge on any atom is 0.411 e. The van der Waals surface area contributed by atoms with Gasteiger partial charge >= 0.3 is 6.09 Å². The summed E-state index contributed by atoms with van der Waals surface area (Å²) in [7, 11) is -3.28. The Morgan fingerprint density at radius 2 is 2.06 bits per heavy atom. The fraction of sp³-hybridized carbons (Fsp3) is 0.364. The molecule has 0 atom stereocenters. The van der Waals surface area contributed by atoms with Crippen molar-refractivity contribution in [2.75, 3.05) is 18.2 Å². The van der Waals surface area contributed by atoms with E-state index in [4.69, 9.17) is 4.74 Å². The van der Waals surface area contributed by atoms with Crippen molar-refractivity contribution in [3.05, 3.63) is 23.8 Å². The number of carbonyl (C=O) groups excluding carboxylic acids is 1. The molecule has 1 aromatic rings. The van der Waals surface area contributed by atoms with Gasteiger partial charge in [0.25, 0.3) is 0 Å². The molecule has 1 amide bonds. The lowest BCUT2D eigenvalue weighted by Gasteiger charge is -2.09. The minimum Gasteiger partial charge on any atom is -0.450 e. The summed E-state index contributed by atoms with van der Waals surface area (Å²) < 4.78 is 27.5. The van der Waals surface area contributed by atoms with E-state index in [1.54, 1.807) is 19.9 Å². The number of anilines is 1. The zero-order valence-electron chi connectivity index (χ0n) is 9.98. The summed E-state index contributed by atoms with van der Waals surface area (Å²) in [5.74, 6) is 0. The Kier molecular flexibility index (Phi) is 4.11. The lowest BCUT2D eigenvalue weighted by molar-refractivity contribution is 0.168. The molecule has 1 aromatic carbocycles. The van der Waals surface area contributed by atoms with Crippen LogP contribution in [0.3, 0.4) is 0 Å². The highest BCUT2D eigenvalue weighted by Crippen LogP contribution is 2.20. The number of carbonyl (C=O) groups is 1. The van der Waals surface area contributed by atoms with Crippen LogP contribution in [0.15, 0.2) is 23.1 Å². The van der Waals surface area contributed by atoms with Crippen LogP contribution in [0.2, 0.25) is 0 Å². The molecule has 0 saturated heterocycles. The van der Waals surface area contributed by atoms with Crippen molar-refractivity contribution in [1.82, 2.24) is 0 Å². The third-order valence-electron chi connectivity index (χ3n) is 2.15. The van der Waals surface area contributed by atoms with Crippen molar-refractivity contribution in [2.24, 2.45) is 0 Å². The highest BCUT2D eigenvalue weighted by molar-refractivity contribution is 7.90. The minimum absolute atomic E-state index is 0.162. The van der Waals surface area contributed by atoms with Crippen molar-refractivity contribution < 1.29 is 17.9 Å². The van der Waals surface area contributed by atoms with E-state index in [9.17, 15) is 13.2 Å². The molecule has 0 radical (unpaired) electrons. The van der Waals surface area contributed by atoms with E-state index in [0.29, 0.717) is 5.69 Å². The van der Waals surface area contributed by atoms with Crippen LogP contribution in [0.4, 0.5) is 10.5 Å². The van der Waals surface area contributed by atoms with Crippen LogP contribution >= 0.6 is 0 Å². The molecule has 0 aliphatic heterocycles. The van der Waals surface area contributed by atoms with E-state index in [1.165, 1.54) is 12.1 Å². The van der Waals surface area contributed by atoms with Crippen LogP contribution in [0, 0.1) is 6.92 Å². The van der Waals surface area contributed by atoms with Gasteiger partial charge in [0, 0.05) is 11.9 Å². The molecular weight excluding hydrogens is 242 g/mol. The van der Waals surface area contributed by atoms with Gasteiger partial charge in [0.2, 0.25) is 0 Å². The maximum atomic E-state index is 11.4. The predicted octanol–water partition coefficient (Wildman–Crippen LogP) is 1.97. The van der Waals surface area contributed by atoms with E-state index in [-0.39, 0.29) is 11.5 Å². The van der Waals surface area contributed by atoms with Crippen molar-refractivity contribution in [2.45, 2.75) is 18.7 Å². The average molecular weight is 257 g/mol. The lowest BCUT2D eigenvalue weighted by Crippen LogP contribution is -2.14. The van der Waals surface area contributed by atoms with Gasteiger partial charge in [0.1, 0.15) is 0 Å². The summed E-state index contributed by atoms with van der Waals surface area (Å²) in [6, 6.07) is 4.56. The Morgan fingerprint density at radius 3 is 2.59 bits per heavy atom. The van der Waals surface area contributed by atoms with Gasteiger partial charge in [-0.05, 0) is 31.5 Å². The molecule has 94 valence electrons. The molecule has 0 aromatic heterocycles. The van der Waals surface area contributed by atoms with Crippen LogP contribution in [0.1, 0.15) is 12.5 Å². The van der Waals surface area contributed by atoms with Crippen molar-refractivity contribution >= 4 is 21.6 Å². The average Bonchev–Trinajstić information content (AvgIpc) is 2.20. The standard InChI is InChI=1S/C11H15NO4S/c1-4-16-11(13)12-10-7-9(17(3,14)15)6-5-8(10)2/h5-7H,4H2,1-3H3,(H,12,13). The molecule has 0 saturated carbocycles. The van der Waals surface area contributed by atoms with Gasteiger partial charge in [-0.1, -0.05) is 6.07 Å². The second-order valence-corrected chi connectivity index (χ2v) is 5.61. The quantitative estimate of drug-likeness (QED) is 0.898. The van der Waals surface area contributed by atoms with Gasteiger partial charge in [-0.2, -0.15) is 0 Å². The number of amides is 1. The summed E-state index contributed by atoms with van der Waals surface area (Å²) in [5.41, 5.74) is 1.21. The zero-order valence-corrected chi connectivity index (χ0v) is 10.8. The molecule has 5 nitrogen and oxygen atoms in total. The largest absolute Gasteiger partial charge is 0.450 e. The second kappa shape index (κ2) is 5.18. The smallest absolute Gasteiger partial charge is 0.411 e. The van der Waals surface area contributed by atoms with Crippen LogP contribution in [0.25, 0.3) is 0 Å². The molecule has 0 heterocycles. The Hall–Kier alpha value is -1.56. The number of nitrogens with one attached hydrogen (secondary N) is 1. The van der Waals surface area contributed by atoms with Crippen LogP contribution in [-0.4, -0.2) is 27.4 Å². The molecule has 0 bridgehead atoms. The highest BCUT2D eigenvalue weighted by atomic mass is 32.2. The first-order valence-corrected chi connectivity index (χ1v) is 6.98. The fourth-order valence-electron chi connectivity index (χ4n) is 1.24. The zero-order chi connectivity index (χ0) is 13.1. The van der Waals surface area contributed by atoms with Gasteiger partial charge in [0.05, 0.1) is 11.5 Å². The number of ether oxygens (including phenoxy) is 1. The van der Waals surface area contributed by atoms with Gasteiger partial charge in [-0.15, -0.1) is 0 Å². The van der Waals surface area contributed by atoms with E-state index < -0.39 is 15.9 Å². The molecule has 0 aliphatic rings.